The van der Waals surface area contributed by atoms with Gasteiger partial charge < -0.3 is 14.8 Å². The molecule has 0 heterocycles. The van der Waals surface area contributed by atoms with Crippen LogP contribution in [0.15, 0.2) is 24.3 Å². The molecule has 0 radical (unpaired) electrons. The number of thiocarbonyl (C=S) groups is 1. The zero-order valence-electron chi connectivity index (χ0n) is 15.2. The van der Waals surface area contributed by atoms with Gasteiger partial charge in [0.05, 0.1) is 12.2 Å². The molecule has 142 valence electrons. The van der Waals surface area contributed by atoms with Crippen LogP contribution in [0, 0.1) is 5.41 Å². The number of carbonyl (C=O) groups is 3. The zero-order valence-corrected chi connectivity index (χ0v) is 16.0. The van der Waals surface area contributed by atoms with E-state index in [1.165, 1.54) is 0 Å². The van der Waals surface area contributed by atoms with E-state index < -0.39 is 17.3 Å². The van der Waals surface area contributed by atoms with Gasteiger partial charge >= 0.3 is 5.97 Å². The number of ether oxygens (including phenoxy) is 2. The zero-order chi connectivity index (χ0) is 19.7. The molecule has 1 aromatic rings. The monoisotopic (exact) mass is 381 g/mol. The molecule has 0 saturated heterocycles. The third kappa shape index (κ3) is 7.47. The molecule has 0 aromatic heterocycles. The number of amides is 2. The molecule has 1 rings (SSSR count). The molecule has 8 nitrogen and oxygen atoms in total. The van der Waals surface area contributed by atoms with Gasteiger partial charge in [-0.2, -0.15) is 0 Å². The minimum atomic E-state index is -0.603. The highest BCUT2D eigenvalue weighted by molar-refractivity contribution is 7.80. The van der Waals surface area contributed by atoms with Gasteiger partial charge in [-0.3, -0.25) is 20.4 Å². The van der Waals surface area contributed by atoms with Crippen LogP contribution >= 0.6 is 12.2 Å². The molecule has 0 saturated carbocycles. The first-order chi connectivity index (χ1) is 12.1. The summed E-state index contributed by atoms with van der Waals surface area (Å²) in [6, 6.07) is 6.20. The molecule has 0 aliphatic heterocycles. The van der Waals surface area contributed by atoms with Crippen molar-refractivity contribution < 1.29 is 23.9 Å². The molecule has 0 aliphatic rings. The van der Waals surface area contributed by atoms with Crippen LogP contribution in [0.25, 0.3) is 0 Å². The maximum absolute atomic E-state index is 11.7. The SMILES string of the molecule is CCOC(=O)c1ccc(OCC(=O)NNC(=S)NC(=O)C(C)(C)C)cc1. The summed E-state index contributed by atoms with van der Waals surface area (Å²) in [5.74, 6) is -0.780. The van der Waals surface area contributed by atoms with E-state index in [1.807, 2.05) is 0 Å². The first kappa shape index (κ1) is 21.4. The number of benzene rings is 1. The Hall–Kier alpha value is -2.68. The van der Waals surface area contributed by atoms with Crippen molar-refractivity contribution in [3.63, 3.8) is 0 Å². The number of hydrogen-bond donors (Lipinski definition) is 3. The van der Waals surface area contributed by atoms with E-state index >= 15 is 0 Å². The van der Waals surface area contributed by atoms with Crippen molar-refractivity contribution in [1.82, 2.24) is 16.2 Å². The van der Waals surface area contributed by atoms with Gasteiger partial charge in [-0.15, -0.1) is 0 Å². The summed E-state index contributed by atoms with van der Waals surface area (Å²) in [6.07, 6.45) is 0. The van der Waals surface area contributed by atoms with Crippen LogP contribution in [0.5, 0.6) is 5.75 Å². The van der Waals surface area contributed by atoms with Gasteiger partial charge in [0.1, 0.15) is 5.75 Å². The summed E-state index contributed by atoms with van der Waals surface area (Å²) in [5, 5.41) is 2.44. The van der Waals surface area contributed by atoms with Crippen LogP contribution in [0.4, 0.5) is 0 Å². The Morgan fingerprint density at radius 3 is 2.23 bits per heavy atom. The van der Waals surface area contributed by atoms with Crippen LogP contribution in [-0.2, 0) is 14.3 Å². The summed E-state index contributed by atoms with van der Waals surface area (Å²) >= 11 is 4.91. The molecule has 0 aliphatic carbocycles. The summed E-state index contributed by atoms with van der Waals surface area (Å²) in [4.78, 5) is 35.0. The second-order valence-corrected chi connectivity index (χ2v) is 6.65. The van der Waals surface area contributed by atoms with Crippen molar-refractivity contribution in [3.05, 3.63) is 29.8 Å². The fraction of sp³-hybridized carbons (Fsp3) is 0.412. The van der Waals surface area contributed by atoms with Gasteiger partial charge in [0.25, 0.3) is 5.91 Å². The number of esters is 1. The van der Waals surface area contributed by atoms with Crippen molar-refractivity contribution in [1.29, 1.82) is 0 Å². The summed E-state index contributed by atoms with van der Waals surface area (Å²) in [6.45, 7) is 6.96. The third-order valence-electron chi connectivity index (χ3n) is 2.96. The molecule has 1 aromatic carbocycles. The predicted molar refractivity (Wildman–Crippen MR) is 99.4 cm³/mol. The van der Waals surface area contributed by atoms with E-state index in [9.17, 15) is 14.4 Å². The Labute approximate surface area is 157 Å². The standard InChI is InChI=1S/C17H23N3O5S/c1-5-24-14(22)11-6-8-12(9-7-11)25-10-13(21)19-20-16(26)18-15(23)17(2,3)4/h6-9H,5,10H2,1-4H3,(H,19,21)(H2,18,20,23,26). The Bertz CT molecular complexity index is 668. The highest BCUT2D eigenvalue weighted by atomic mass is 32.1. The quantitative estimate of drug-likeness (QED) is 0.401. The first-order valence-electron chi connectivity index (χ1n) is 7.93. The number of rotatable bonds is 5. The summed E-state index contributed by atoms with van der Waals surface area (Å²) < 4.78 is 10.2. The lowest BCUT2D eigenvalue weighted by molar-refractivity contribution is -0.127. The van der Waals surface area contributed by atoms with Gasteiger partial charge in [0.15, 0.2) is 11.7 Å². The highest BCUT2D eigenvalue weighted by Gasteiger charge is 2.22. The van der Waals surface area contributed by atoms with Crippen LogP contribution < -0.4 is 20.9 Å². The lowest BCUT2D eigenvalue weighted by atomic mass is 9.96. The molecule has 2 amide bonds. The summed E-state index contributed by atoms with van der Waals surface area (Å²) in [5.41, 5.74) is 4.52. The smallest absolute Gasteiger partial charge is 0.338 e. The number of carbonyl (C=O) groups excluding carboxylic acids is 3. The Morgan fingerprint density at radius 2 is 1.69 bits per heavy atom. The van der Waals surface area contributed by atoms with Crippen molar-refractivity contribution in [3.8, 4) is 5.75 Å². The molecule has 0 spiro atoms. The van der Waals surface area contributed by atoms with E-state index in [0.29, 0.717) is 17.9 Å². The van der Waals surface area contributed by atoms with Crippen LogP contribution in [0.3, 0.4) is 0 Å². The highest BCUT2D eigenvalue weighted by Crippen LogP contribution is 2.13. The molecule has 9 heteroatoms. The molecule has 0 bridgehead atoms. The molecule has 3 N–H and O–H groups in total. The minimum Gasteiger partial charge on any atom is -0.484 e. The first-order valence-corrected chi connectivity index (χ1v) is 8.34. The molecule has 0 unspecified atom stereocenters. The normalized spacial score (nSPS) is 10.5. The minimum absolute atomic E-state index is 0.0166. The van der Waals surface area contributed by atoms with Crippen molar-refractivity contribution in [2.75, 3.05) is 13.2 Å². The predicted octanol–water partition coefficient (Wildman–Crippen LogP) is 1.31. The van der Waals surface area contributed by atoms with Crippen LogP contribution in [0.1, 0.15) is 38.1 Å². The van der Waals surface area contributed by atoms with Gasteiger partial charge in [0.2, 0.25) is 5.91 Å². The second kappa shape index (κ2) is 9.71. The van der Waals surface area contributed by atoms with E-state index in [2.05, 4.69) is 16.2 Å². The van der Waals surface area contributed by atoms with E-state index in [-0.39, 0.29) is 17.6 Å². The number of hydrogen-bond acceptors (Lipinski definition) is 6. The summed E-state index contributed by atoms with van der Waals surface area (Å²) in [7, 11) is 0. The van der Waals surface area contributed by atoms with E-state index in [4.69, 9.17) is 21.7 Å². The van der Waals surface area contributed by atoms with Gasteiger partial charge in [-0.25, -0.2) is 4.79 Å². The topological polar surface area (TPSA) is 106 Å². The maximum atomic E-state index is 11.7. The van der Waals surface area contributed by atoms with Gasteiger partial charge in [-0.05, 0) is 43.4 Å². The van der Waals surface area contributed by atoms with Crippen LogP contribution in [0.2, 0.25) is 0 Å². The van der Waals surface area contributed by atoms with Crippen molar-refractivity contribution >= 4 is 35.1 Å². The molecule has 0 fully saturated rings. The van der Waals surface area contributed by atoms with Crippen molar-refractivity contribution in [2.45, 2.75) is 27.7 Å². The van der Waals surface area contributed by atoms with Crippen LogP contribution in [-0.4, -0.2) is 36.1 Å². The number of nitrogens with one attached hydrogen (secondary N) is 3. The largest absolute Gasteiger partial charge is 0.484 e. The van der Waals surface area contributed by atoms with Crippen molar-refractivity contribution in [2.24, 2.45) is 5.41 Å². The number of hydrazine groups is 1. The van der Waals surface area contributed by atoms with Gasteiger partial charge in [-0.1, -0.05) is 20.8 Å². The average Bonchev–Trinajstić information content (AvgIpc) is 2.58. The van der Waals surface area contributed by atoms with Gasteiger partial charge in [0, 0.05) is 5.41 Å². The fourth-order valence-corrected chi connectivity index (χ4v) is 1.68. The Morgan fingerprint density at radius 1 is 1.08 bits per heavy atom. The lowest BCUT2D eigenvalue weighted by Crippen LogP contribution is -2.51. The lowest BCUT2D eigenvalue weighted by Gasteiger charge is -2.18. The fourth-order valence-electron chi connectivity index (χ4n) is 1.53. The van der Waals surface area contributed by atoms with E-state index in [0.717, 1.165) is 0 Å². The maximum Gasteiger partial charge on any atom is 0.338 e. The molecule has 0 atom stereocenters. The molecular weight excluding hydrogens is 358 g/mol. The second-order valence-electron chi connectivity index (χ2n) is 6.24. The molecule has 26 heavy (non-hydrogen) atoms. The van der Waals surface area contributed by atoms with E-state index in [1.54, 1.807) is 52.0 Å². The molecular formula is C17H23N3O5S. The Balaban J connectivity index is 2.37. The average molecular weight is 381 g/mol. The Kier molecular flexibility index (Phi) is 7.98. The third-order valence-corrected chi connectivity index (χ3v) is 3.16.